The van der Waals surface area contributed by atoms with Gasteiger partial charge < -0.3 is 29.0 Å². The van der Waals surface area contributed by atoms with Crippen LogP contribution >= 0.6 is 0 Å². The summed E-state index contributed by atoms with van der Waals surface area (Å²) in [7, 11) is 1.65. The molecule has 2 aliphatic rings. The Hall–Kier alpha value is -3.98. The van der Waals surface area contributed by atoms with Gasteiger partial charge in [-0.25, -0.2) is 4.79 Å². The first-order valence-corrected chi connectivity index (χ1v) is 15.5. The van der Waals surface area contributed by atoms with Gasteiger partial charge in [0.15, 0.2) is 0 Å². The molecular formula is C33H38F6N4O5. The number of hydrogen-bond donors (Lipinski definition) is 1. The number of aliphatic hydroxyl groups is 1. The number of carbonyl (C=O) groups excluding carboxylic acids is 2. The van der Waals surface area contributed by atoms with E-state index in [1.807, 2.05) is 36.1 Å². The van der Waals surface area contributed by atoms with Gasteiger partial charge in [0.2, 0.25) is 5.91 Å². The van der Waals surface area contributed by atoms with Gasteiger partial charge in [-0.2, -0.15) is 26.3 Å². The molecule has 0 saturated carbocycles. The summed E-state index contributed by atoms with van der Waals surface area (Å²) in [4.78, 5) is 33.3. The van der Waals surface area contributed by atoms with Gasteiger partial charge in [0.25, 0.3) is 5.60 Å². The van der Waals surface area contributed by atoms with E-state index in [-0.39, 0.29) is 63.5 Å². The van der Waals surface area contributed by atoms with Crippen LogP contribution in [0.2, 0.25) is 0 Å². The number of rotatable bonds is 7. The number of halogens is 6. The average Bonchev–Trinajstić information content (AvgIpc) is 3.47. The highest BCUT2D eigenvalue weighted by atomic mass is 19.4. The summed E-state index contributed by atoms with van der Waals surface area (Å²) in [5, 5.41) is 10.8. The molecule has 48 heavy (non-hydrogen) atoms. The number of furan rings is 1. The number of anilines is 1. The van der Waals surface area contributed by atoms with Gasteiger partial charge in [-0.3, -0.25) is 9.69 Å². The number of urea groups is 1. The number of benzene rings is 2. The van der Waals surface area contributed by atoms with Crippen molar-refractivity contribution in [3.05, 3.63) is 65.4 Å². The second-order valence-corrected chi connectivity index (χ2v) is 12.6. The van der Waals surface area contributed by atoms with Crippen LogP contribution in [0.5, 0.6) is 0 Å². The highest BCUT2D eigenvalue weighted by Crippen LogP contribution is 2.50. The van der Waals surface area contributed by atoms with Crippen LogP contribution in [0.4, 0.5) is 36.8 Å². The molecule has 2 saturated heterocycles. The van der Waals surface area contributed by atoms with Crippen molar-refractivity contribution in [3.63, 3.8) is 0 Å². The van der Waals surface area contributed by atoms with Crippen LogP contribution in [0.25, 0.3) is 11.0 Å². The molecule has 5 rings (SSSR count). The van der Waals surface area contributed by atoms with Crippen LogP contribution in [-0.2, 0) is 27.1 Å². The molecule has 3 aromatic rings. The maximum absolute atomic E-state index is 13.6. The Morgan fingerprint density at radius 2 is 1.75 bits per heavy atom. The fraction of sp³-hybridized carbons (Fsp3) is 0.515. The average molecular weight is 685 g/mol. The maximum atomic E-state index is 13.6. The number of piperazine rings is 1. The maximum Gasteiger partial charge on any atom is 0.430 e. The third-order valence-corrected chi connectivity index (χ3v) is 9.46. The lowest BCUT2D eigenvalue weighted by molar-refractivity contribution is -0.376. The molecule has 2 aliphatic heterocycles. The first-order valence-electron chi connectivity index (χ1n) is 15.5. The molecule has 0 radical (unpaired) electrons. The van der Waals surface area contributed by atoms with E-state index in [2.05, 4.69) is 0 Å². The molecule has 3 heterocycles. The fourth-order valence-electron chi connectivity index (χ4n) is 6.48. The number of likely N-dealkylation sites (N-methyl/N-ethyl adjacent to an activating group) is 1. The molecule has 0 aliphatic carbocycles. The van der Waals surface area contributed by atoms with Crippen molar-refractivity contribution in [1.82, 2.24) is 14.7 Å². The number of aryl methyl sites for hydroxylation is 1. The molecule has 9 nitrogen and oxygen atoms in total. The van der Waals surface area contributed by atoms with Crippen molar-refractivity contribution in [2.75, 3.05) is 51.5 Å². The van der Waals surface area contributed by atoms with Crippen molar-refractivity contribution in [2.45, 2.75) is 63.1 Å². The van der Waals surface area contributed by atoms with Crippen LogP contribution in [0.1, 0.15) is 43.9 Å². The second-order valence-electron chi connectivity index (χ2n) is 12.6. The van der Waals surface area contributed by atoms with Crippen LogP contribution in [0.15, 0.2) is 53.1 Å². The number of hydrogen-bond acceptors (Lipinski definition) is 6. The Labute approximate surface area is 273 Å². The normalized spacial score (nSPS) is 21.6. The zero-order valence-electron chi connectivity index (χ0n) is 27.0. The smallest absolute Gasteiger partial charge is 0.430 e. The standard InChI is InChI=1S/C33H38F6N4O5/c1-5-6-22-15-25(31(46,32(34,35)36)33(37,38)39)7-9-26(22)43-13-12-41(17-21(43)2)28(44)18-42-20-47-19-30(3,40(4)29(42)45)24-8-10-27-23(16-24)11-14-48-27/h7-11,14-16,21,46H,5-6,12-13,17-20H2,1-4H3/t21-,30+/m0/s1. The zero-order valence-corrected chi connectivity index (χ0v) is 27.0. The zero-order chi connectivity index (χ0) is 35.2. The van der Waals surface area contributed by atoms with Gasteiger partial charge in [-0.1, -0.05) is 31.5 Å². The molecule has 2 fully saturated rings. The Morgan fingerprint density at radius 3 is 2.40 bits per heavy atom. The van der Waals surface area contributed by atoms with Crippen molar-refractivity contribution in [1.29, 1.82) is 0 Å². The summed E-state index contributed by atoms with van der Waals surface area (Å²) in [5.41, 5.74) is -4.96. The predicted octanol–water partition coefficient (Wildman–Crippen LogP) is 5.99. The summed E-state index contributed by atoms with van der Waals surface area (Å²) in [6.45, 7) is 5.87. The minimum absolute atomic E-state index is 0.108. The number of carbonyl (C=O) groups is 2. The Kier molecular flexibility index (Phi) is 9.42. The number of amides is 3. The Morgan fingerprint density at radius 1 is 1.04 bits per heavy atom. The van der Waals surface area contributed by atoms with E-state index in [1.54, 1.807) is 37.0 Å². The molecule has 1 aromatic heterocycles. The van der Waals surface area contributed by atoms with Gasteiger partial charge in [-0.05, 0) is 55.7 Å². The number of ether oxygens (including phenoxy) is 1. The lowest BCUT2D eigenvalue weighted by Gasteiger charge is -2.43. The lowest BCUT2D eigenvalue weighted by atomic mass is 9.89. The van der Waals surface area contributed by atoms with E-state index in [1.165, 1.54) is 11.0 Å². The highest BCUT2D eigenvalue weighted by molar-refractivity contribution is 5.85. The minimum Gasteiger partial charge on any atom is -0.464 e. The third kappa shape index (κ3) is 6.17. The van der Waals surface area contributed by atoms with Crippen LogP contribution < -0.4 is 4.90 Å². The summed E-state index contributed by atoms with van der Waals surface area (Å²) in [5.74, 6) is -0.334. The molecule has 15 heteroatoms. The van der Waals surface area contributed by atoms with Crippen LogP contribution in [0.3, 0.4) is 0 Å². The first kappa shape index (κ1) is 35.3. The van der Waals surface area contributed by atoms with E-state index in [0.29, 0.717) is 23.8 Å². The quantitative estimate of drug-likeness (QED) is 0.308. The molecule has 1 N–H and O–H groups in total. The van der Waals surface area contributed by atoms with E-state index in [0.717, 1.165) is 17.0 Å². The van der Waals surface area contributed by atoms with Crippen molar-refractivity contribution >= 4 is 28.6 Å². The Balaban J connectivity index is 1.29. The predicted molar refractivity (Wildman–Crippen MR) is 164 cm³/mol. The lowest BCUT2D eigenvalue weighted by Crippen LogP contribution is -2.57. The third-order valence-electron chi connectivity index (χ3n) is 9.46. The summed E-state index contributed by atoms with van der Waals surface area (Å²) >= 11 is 0. The molecular weight excluding hydrogens is 646 g/mol. The fourth-order valence-corrected chi connectivity index (χ4v) is 6.48. The van der Waals surface area contributed by atoms with Gasteiger partial charge in [-0.15, -0.1) is 0 Å². The number of alkyl halides is 6. The van der Waals surface area contributed by atoms with E-state index in [4.69, 9.17) is 9.15 Å². The molecule has 2 aromatic carbocycles. The highest BCUT2D eigenvalue weighted by Gasteiger charge is 2.71. The van der Waals surface area contributed by atoms with Gasteiger partial charge in [0.1, 0.15) is 18.9 Å². The summed E-state index contributed by atoms with van der Waals surface area (Å²) < 4.78 is 92.8. The van der Waals surface area contributed by atoms with Gasteiger partial charge in [0, 0.05) is 49.4 Å². The summed E-state index contributed by atoms with van der Waals surface area (Å²) in [6, 6.07) is 9.28. The molecule has 3 amide bonds. The van der Waals surface area contributed by atoms with Crippen LogP contribution in [0, 0.1) is 0 Å². The SMILES string of the molecule is CCCc1cc(C(O)(C(F)(F)F)C(F)(F)F)ccc1N1CCN(C(=O)CN2COC[C@](C)(c3ccc4occc4c3)N(C)C2=O)C[C@@H]1C. The molecule has 0 spiro atoms. The van der Waals surface area contributed by atoms with E-state index in [9.17, 15) is 41.0 Å². The molecule has 2 atom stereocenters. The van der Waals surface area contributed by atoms with E-state index < -0.39 is 35.1 Å². The molecule has 0 unspecified atom stereocenters. The second kappa shape index (κ2) is 12.8. The summed E-state index contributed by atoms with van der Waals surface area (Å²) in [6.07, 6.45) is -9.80. The first-order chi connectivity index (χ1) is 22.4. The molecule has 0 bridgehead atoms. The number of nitrogens with zero attached hydrogens (tertiary/aromatic N) is 4. The van der Waals surface area contributed by atoms with Crippen molar-refractivity contribution in [2.24, 2.45) is 0 Å². The van der Waals surface area contributed by atoms with Gasteiger partial charge in [0.05, 0.1) is 18.4 Å². The minimum atomic E-state index is -5.99. The van der Waals surface area contributed by atoms with Crippen molar-refractivity contribution in [3.8, 4) is 0 Å². The largest absolute Gasteiger partial charge is 0.464 e. The topological polar surface area (TPSA) is 89.7 Å². The monoisotopic (exact) mass is 684 g/mol. The molecule has 262 valence electrons. The van der Waals surface area contributed by atoms with Gasteiger partial charge >= 0.3 is 18.4 Å². The van der Waals surface area contributed by atoms with E-state index >= 15 is 0 Å². The Bertz CT molecular complexity index is 1650. The van der Waals surface area contributed by atoms with Crippen LogP contribution in [-0.4, -0.2) is 96.7 Å². The number of fused-ring (bicyclic) bond motifs is 1. The van der Waals surface area contributed by atoms with Crippen molar-refractivity contribution < 1.29 is 50.2 Å².